The lowest BCUT2D eigenvalue weighted by Gasteiger charge is -2.11. The third-order valence-corrected chi connectivity index (χ3v) is 9.94. The lowest BCUT2D eigenvalue weighted by molar-refractivity contribution is 0.669. The second-order valence-corrected chi connectivity index (χ2v) is 13.3. The van der Waals surface area contributed by atoms with Gasteiger partial charge in [0.15, 0.2) is 17.5 Å². The molecule has 4 heteroatoms. The third kappa shape index (κ3) is 5.82. The molecule has 10 rings (SSSR count). The molecule has 0 spiro atoms. The summed E-state index contributed by atoms with van der Waals surface area (Å²) in [5.41, 5.74) is 11.2. The lowest BCUT2D eigenvalue weighted by atomic mass is 10.00. The molecule has 0 aliphatic carbocycles. The SMILES string of the molecule is c1ccc(-c2ccc(-c3nc(-c4ccc(-c5ccc6ccccc6c5)cc4)nc(-c4cccc(-c5ccc6c(c5)oc5ccccc56)c4)n3)cc2)cc1. The van der Waals surface area contributed by atoms with E-state index >= 15 is 0 Å². The summed E-state index contributed by atoms with van der Waals surface area (Å²) in [5.74, 6) is 1.86. The summed E-state index contributed by atoms with van der Waals surface area (Å²) in [6.45, 7) is 0. The molecule has 0 saturated carbocycles. The van der Waals surface area contributed by atoms with E-state index < -0.39 is 0 Å². The number of hydrogen-bond donors (Lipinski definition) is 0. The Labute approximate surface area is 306 Å². The van der Waals surface area contributed by atoms with E-state index in [9.17, 15) is 0 Å². The fraction of sp³-hybridized carbons (Fsp3) is 0. The maximum Gasteiger partial charge on any atom is 0.164 e. The van der Waals surface area contributed by atoms with Crippen LogP contribution in [0.1, 0.15) is 0 Å². The van der Waals surface area contributed by atoms with E-state index in [1.165, 1.54) is 21.9 Å². The summed E-state index contributed by atoms with van der Waals surface area (Å²) in [4.78, 5) is 15.2. The molecule has 248 valence electrons. The number of furan rings is 1. The first-order chi connectivity index (χ1) is 26.2. The maximum absolute atomic E-state index is 6.22. The smallest absolute Gasteiger partial charge is 0.164 e. The van der Waals surface area contributed by atoms with E-state index in [2.05, 4.69) is 164 Å². The molecule has 0 atom stereocenters. The van der Waals surface area contributed by atoms with Gasteiger partial charge in [0.2, 0.25) is 0 Å². The first-order valence-electron chi connectivity index (χ1n) is 17.8. The normalized spacial score (nSPS) is 11.4. The predicted molar refractivity (Wildman–Crippen MR) is 217 cm³/mol. The van der Waals surface area contributed by atoms with Crippen molar-refractivity contribution in [3.8, 4) is 67.5 Å². The fourth-order valence-electron chi connectivity index (χ4n) is 7.13. The van der Waals surface area contributed by atoms with Crippen LogP contribution >= 0.6 is 0 Å². The molecule has 0 aliphatic rings. The van der Waals surface area contributed by atoms with Gasteiger partial charge in [0.05, 0.1) is 0 Å². The van der Waals surface area contributed by atoms with Crippen molar-refractivity contribution in [2.45, 2.75) is 0 Å². The van der Waals surface area contributed by atoms with Crippen LogP contribution < -0.4 is 0 Å². The first kappa shape index (κ1) is 30.6. The minimum atomic E-state index is 0.613. The lowest BCUT2D eigenvalue weighted by Crippen LogP contribution is -2.00. The molecule has 53 heavy (non-hydrogen) atoms. The van der Waals surface area contributed by atoms with Gasteiger partial charge in [-0.3, -0.25) is 0 Å². The van der Waals surface area contributed by atoms with Crippen LogP contribution in [-0.4, -0.2) is 15.0 Å². The zero-order valence-corrected chi connectivity index (χ0v) is 28.6. The van der Waals surface area contributed by atoms with E-state index in [1.807, 2.05) is 24.3 Å². The maximum atomic E-state index is 6.22. The van der Waals surface area contributed by atoms with Crippen LogP contribution in [0.5, 0.6) is 0 Å². The number of para-hydroxylation sites is 1. The minimum absolute atomic E-state index is 0.613. The molecule has 0 fully saturated rings. The van der Waals surface area contributed by atoms with Crippen molar-refractivity contribution in [2.75, 3.05) is 0 Å². The summed E-state index contributed by atoms with van der Waals surface area (Å²) in [6.07, 6.45) is 0. The van der Waals surface area contributed by atoms with E-state index in [1.54, 1.807) is 0 Å². The number of aromatic nitrogens is 3. The standard InChI is InChI=1S/C49H31N3O/c1-2-9-32(10-3-1)34-17-22-36(23-18-34)47-50-48(37-24-19-35(20-25-37)40-26-21-33-11-4-5-12-38(33)29-40)52-49(51-47)42-14-8-13-39(30-42)41-27-28-44-43-15-6-7-16-45(43)53-46(44)31-41/h1-31H. The van der Waals surface area contributed by atoms with Crippen molar-refractivity contribution < 1.29 is 4.42 Å². The van der Waals surface area contributed by atoms with Gasteiger partial charge >= 0.3 is 0 Å². The molecule has 10 aromatic rings. The highest BCUT2D eigenvalue weighted by atomic mass is 16.3. The van der Waals surface area contributed by atoms with Crippen LogP contribution in [0.2, 0.25) is 0 Å². The van der Waals surface area contributed by atoms with Crippen molar-refractivity contribution in [3.05, 3.63) is 188 Å². The van der Waals surface area contributed by atoms with E-state index in [4.69, 9.17) is 19.4 Å². The second kappa shape index (κ2) is 12.9. The Kier molecular flexibility index (Phi) is 7.43. The summed E-state index contributed by atoms with van der Waals surface area (Å²) in [7, 11) is 0. The predicted octanol–water partition coefficient (Wildman–Crippen LogP) is 12.9. The monoisotopic (exact) mass is 677 g/mol. The van der Waals surface area contributed by atoms with Crippen LogP contribution in [-0.2, 0) is 0 Å². The van der Waals surface area contributed by atoms with E-state index in [0.29, 0.717) is 17.5 Å². The Bertz CT molecular complexity index is 2930. The first-order valence-corrected chi connectivity index (χ1v) is 17.8. The molecule has 8 aromatic carbocycles. The van der Waals surface area contributed by atoms with Gasteiger partial charge in [-0.25, -0.2) is 15.0 Å². The average Bonchev–Trinajstić information content (AvgIpc) is 3.62. The van der Waals surface area contributed by atoms with Gasteiger partial charge in [-0.05, 0) is 74.5 Å². The molecular formula is C49H31N3O. The van der Waals surface area contributed by atoms with Crippen LogP contribution in [0.15, 0.2) is 192 Å². The number of hydrogen-bond acceptors (Lipinski definition) is 4. The van der Waals surface area contributed by atoms with Gasteiger partial charge in [-0.15, -0.1) is 0 Å². The van der Waals surface area contributed by atoms with Crippen molar-refractivity contribution in [1.82, 2.24) is 15.0 Å². The zero-order valence-electron chi connectivity index (χ0n) is 28.6. The summed E-state index contributed by atoms with van der Waals surface area (Å²) < 4.78 is 6.22. The molecular weight excluding hydrogens is 647 g/mol. The Morgan fingerprint density at radius 1 is 0.264 bits per heavy atom. The number of nitrogens with zero attached hydrogens (tertiary/aromatic N) is 3. The summed E-state index contributed by atoms with van der Waals surface area (Å²) in [6, 6.07) is 65.3. The van der Waals surface area contributed by atoms with Crippen LogP contribution in [0, 0.1) is 0 Å². The Morgan fingerprint density at radius 3 is 1.49 bits per heavy atom. The number of benzene rings is 8. The highest BCUT2D eigenvalue weighted by Crippen LogP contribution is 2.34. The minimum Gasteiger partial charge on any atom is -0.456 e. The van der Waals surface area contributed by atoms with E-state index in [0.717, 1.165) is 60.9 Å². The fourth-order valence-corrected chi connectivity index (χ4v) is 7.13. The quantitative estimate of drug-likeness (QED) is 0.176. The van der Waals surface area contributed by atoms with Gasteiger partial charge in [0.25, 0.3) is 0 Å². The molecule has 0 radical (unpaired) electrons. The Morgan fingerprint density at radius 2 is 0.736 bits per heavy atom. The topological polar surface area (TPSA) is 51.8 Å². The summed E-state index contributed by atoms with van der Waals surface area (Å²) in [5, 5.41) is 4.68. The van der Waals surface area contributed by atoms with Gasteiger partial charge in [-0.2, -0.15) is 0 Å². The largest absolute Gasteiger partial charge is 0.456 e. The molecule has 0 unspecified atom stereocenters. The molecule has 0 amide bonds. The van der Waals surface area contributed by atoms with Gasteiger partial charge < -0.3 is 4.42 Å². The van der Waals surface area contributed by atoms with E-state index in [-0.39, 0.29) is 0 Å². The van der Waals surface area contributed by atoms with Gasteiger partial charge in [-0.1, -0.05) is 158 Å². The highest BCUT2D eigenvalue weighted by molar-refractivity contribution is 6.06. The van der Waals surface area contributed by atoms with Crippen molar-refractivity contribution in [2.24, 2.45) is 0 Å². The number of rotatable bonds is 6. The zero-order chi connectivity index (χ0) is 35.1. The van der Waals surface area contributed by atoms with Crippen LogP contribution in [0.3, 0.4) is 0 Å². The van der Waals surface area contributed by atoms with Crippen LogP contribution in [0.4, 0.5) is 0 Å². The Balaban J connectivity index is 1.05. The molecule has 0 N–H and O–H groups in total. The third-order valence-electron chi connectivity index (χ3n) is 9.94. The second-order valence-electron chi connectivity index (χ2n) is 13.3. The molecule has 2 aromatic heterocycles. The highest BCUT2D eigenvalue weighted by Gasteiger charge is 2.15. The molecule has 0 saturated heterocycles. The van der Waals surface area contributed by atoms with Gasteiger partial charge in [0.1, 0.15) is 11.2 Å². The molecule has 2 heterocycles. The molecule has 0 aliphatic heterocycles. The average molecular weight is 678 g/mol. The summed E-state index contributed by atoms with van der Waals surface area (Å²) >= 11 is 0. The molecule has 0 bridgehead atoms. The van der Waals surface area contributed by atoms with Crippen molar-refractivity contribution >= 4 is 32.7 Å². The number of fused-ring (bicyclic) bond motifs is 4. The van der Waals surface area contributed by atoms with Gasteiger partial charge in [0, 0.05) is 27.5 Å². The van der Waals surface area contributed by atoms with Crippen molar-refractivity contribution in [3.63, 3.8) is 0 Å². The molecule has 4 nitrogen and oxygen atoms in total. The Hall–Kier alpha value is -7.17. The van der Waals surface area contributed by atoms with Crippen molar-refractivity contribution in [1.29, 1.82) is 0 Å². The van der Waals surface area contributed by atoms with Crippen LogP contribution in [0.25, 0.3) is 100 Å².